The van der Waals surface area contributed by atoms with Crippen molar-refractivity contribution in [3.63, 3.8) is 0 Å². The zero-order valence-electron chi connectivity index (χ0n) is 14.9. The molecule has 1 amide bonds. The molecule has 2 aromatic rings. The maximum absolute atomic E-state index is 12.2. The maximum Gasteiger partial charge on any atom is 0.408 e. The lowest BCUT2D eigenvalue weighted by Gasteiger charge is -2.16. The second kappa shape index (κ2) is 11.0. The number of amides is 1. The summed E-state index contributed by atoms with van der Waals surface area (Å²) in [6.45, 7) is 1.93. The highest BCUT2D eigenvalue weighted by Crippen LogP contribution is 2.14. The third-order valence-corrected chi connectivity index (χ3v) is 4.46. The summed E-state index contributed by atoms with van der Waals surface area (Å²) in [5, 5.41) is 2.28. The summed E-state index contributed by atoms with van der Waals surface area (Å²) in [4.78, 5) is 36.3. The van der Waals surface area contributed by atoms with Crippen LogP contribution in [0.3, 0.4) is 0 Å². The van der Waals surface area contributed by atoms with E-state index in [1.807, 2.05) is 36.4 Å². The average Bonchev–Trinajstić information content (AvgIpc) is 2.71. The Kier molecular flexibility index (Phi) is 8.38. The van der Waals surface area contributed by atoms with Gasteiger partial charge in [-0.15, -0.1) is 0 Å². The Bertz CT molecular complexity index is 751. The van der Waals surface area contributed by atoms with E-state index in [4.69, 9.17) is 9.47 Å². The van der Waals surface area contributed by atoms with Crippen LogP contribution in [0.5, 0.6) is 0 Å². The minimum absolute atomic E-state index is 0.0486. The maximum atomic E-state index is 12.2. The molecule has 0 aliphatic heterocycles. The first-order valence-electron chi connectivity index (χ1n) is 8.46. The van der Waals surface area contributed by atoms with Crippen molar-refractivity contribution in [2.75, 3.05) is 12.4 Å². The van der Waals surface area contributed by atoms with Crippen molar-refractivity contribution in [2.45, 2.75) is 19.6 Å². The Morgan fingerprint density at radius 3 is 2.22 bits per heavy atom. The fraction of sp³-hybridized carbons (Fsp3) is 0.250. The summed E-state index contributed by atoms with van der Waals surface area (Å²) < 4.78 is 10.1. The van der Waals surface area contributed by atoms with Gasteiger partial charge in [0, 0.05) is 11.3 Å². The molecule has 2 rings (SSSR count). The van der Waals surface area contributed by atoms with Crippen LogP contribution in [-0.2, 0) is 20.9 Å². The van der Waals surface area contributed by atoms with Crippen molar-refractivity contribution in [1.29, 1.82) is 0 Å². The number of rotatable bonds is 8. The first-order chi connectivity index (χ1) is 13.1. The van der Waals surface area contributed by atoms with Crippen molar-refractivity contribution in [3.8, 4) is 0 Å². The van der Waals surface area contributed by atoms with Crippen LogP contribution in [0, 0.1) is 0 Å². The molecule has 27 heavy (non-hydrogen) atoms. The fourth-order valence-electron chi connectivity index (χ4n) is 2.14. The molecule has 2 aromatic carbocycles. The lowest BCUT2D eigenvalue weighted by Crippen LogP contribution is -2.44. The van der Waals surface area contributed by atoms with Crippen LogP contribution in [-0.4, -0.2) is 35.6 Å². The van der Waals surface area contributed by atoms with Gasteiger partial charge in [-0.25, -0.2) is 9.59 Å². The van der Waals surface area contributed by atoms with E-state index < -0.39 is 18.1 Å². The molecule has 0 aliphatic carbocycles. The summed E-state index contributed by atoms with van der Waals surface area (Å²) in [5.41, 5.74) is 1.35. The van der Waals surface area contributed by atoms with Crippen molar-refractivity contribution >= 4 is 28.9 Å². The monoisotopic (exact) mass is 387 g/mol. The topological polar surface area (TPSA) is 81.7 Å². The van der Waals surface area contributed by atoms with Gasteiger partial charge in [-0.05, 0) is 12.5 Å². The number of carbonyl (C=O) groups is 3. The highest BCUT2D eigenvalue weighted by Gasteiger charge is 2.24. The minimum Gasteiger partial charge on any atom is -0.464 e. The molecule has 0 aliphatic rings. The largest absolute Gasteiger partial charge is 0.464 e. The zero-order valence-corrected chi connectivity index (χ0v) is 15.7. The predicted molar refractivity (Wildman–Crippen MR) is 103 cm³/mol. The first-order valence-corrected chi connectivity index (χ1v) is 9.44. The van der Waals surface area contributed by atoms with Crippen LogP contribution in [0.25, 0.3) is 0 Å². The van der Waals surface area contributed by atoms with E-state index in [1.165, 1.54) is 0 Å². The third kappa shape index (κ3) is 7.15. The van der Waals surface area contributed by atoms with Crippen LogP contribution in [0.15, 0.2) is 60.7 Å². The molecule has 0 bridgehead atoms. The van der Waals surface area contributed by atoms with E-state index >= 15 is 0 Å². The van der Waals surface area contributed by atoms with Gasteiger partial charge in [0.15, 0.2) is 0 Å². The zero-order chi connectivity index (χ0) is 19.5. The van der Waals surface area contributed by atoms with Gasteiger partial charge in [-0.1, -0.05) is 72.4 Å². The predicted octanol–water partition coefficient (Wildman–Crippen LogP) is 3.42. The van der Waals surface area contributed by atoms with Gasteiger partial charge in [0.05, 0.1) is 6.61 Å². The molecule has 0 aromatic heterocycles. The quantitative estimate of drug-likeness (QED) is 0.699. The Hall–Kier alpha value is -2.80. The lowest BCUT2D eigenvalue weighted by molar-refractivity contribution is -0.144. The molecule has 1 atom stereocenters. The van der Waals surface area contributed by atoms with E-state index in [-0.39, 0.29) is 24.1 Å². The van der Waals surface area contributed by atoms with Gasteiger partial charge in [-0.3, -0.25) is 4.79 Å². The number of ether oxygens (including phenoxy) is 2. The molecule has 142 valence electrons. The van der Waals surface area contributed by atoms with Crippen molar-refractivity contribution in [3.05, 3.63) is 71.8 Å². The van der Waals surface area contributed by atoms with Crippen LogP contribution in [0.2, 0.25) is 0 Å². The fourth-order valence-corrected chi connectivity index (χ4v) is 2.98. The Balaban J connectivity index is 1.90. The number of hydrogen-bond donors (Lipinski definition) is 1. The number of nitrogens with one attached hydrogen (secondary N) is 1. The molecule has 6 nitrogen and oxygen atoms in total. The molecule has 1 N–H and O–H groups in total. The van der Waals surface area contributed by atoms with Crippen molar-refractivity contribution < 1.29 is 23.9 Å². The van der Waals surface area contributed by atoms with Gasteiger partial charge in [0.2, 0.25) is 5.12 Å². The van der Waals surface area contributed by atoms with Crippen LogP contribution < -0.4 is 5.32 Å². The lowest BCUT2D eigenvalue weighted by atomic mass is 10.2. The number of thioether (sulfide) groups is 1. The summed E-state index contributed by atoms with van der Waals surface area (Å²) >= 11 is 0.938. The highest BCUT2D eigenvalue weighted by molar-refractivity contribution is 8.14. The number of hydrogen-bond acceptors (Lipinski definition) is 6. The van der Waals surface area contributed by atoms with Crippen molar-refractivity contribution in [1.82, 2.24) is 5.32 Å². The molecule has 1 unspecified atom stereocenters. The molecule has 7 heteroatoms. The molecule has 0 fully saturated rings. The summed E-state index contributed by atoms with van der Waals surface area (Å²) in [5.74, 6) is -0.560. The van der Waals surface area contributed by atoms with Crippen LogP contribution >= 0.6 is 11.8 Å². The second-order valence-corrected chi connectivity index (χ2v) is 6.47. The number of benzene rings is 2. The van der Waals surface area contributed by atoms with E-state index in [0.29, 0.717) is 5.56 Å². The normalized spacial score (nSPS) is 11.3. The van der Waals surface area contributed by atoms with Crippen molar-refractivity contribution in [2.24, 2.45) is 0 Å². The average molecular weight is 387 g/mol. The highest BCUT2D eigenvalue weighted by atomic mass is 32.2. The second-order valence-electron chi connectivity index (χ2n) is 5.48. The number of alkyl carbamates (subject to hydrolysis) is 1. The van der Waals surface area contributed by atoms with Gasteiger partial charge in [-0.2, -0.15) is 0 Å². The summed E-state index contributed by atoms with van der Waals surface area (Å²) in [6.07, 6.45) is -0.746. The molecule has 0 spiro atoms. The summed E-state index contributed by atoms with van der Waals surface area (Å²) in [6, 6.07) is 16.9. The number of esters is 1. The van der Waals surface area contributed by atoms with Crippen LogP contribution in [0.1, 0.15) is 22.8 Å². The van der Waals surface area contributed by atoms with E-state index in [9.17, 15) is 14.4 Å². The number of carbonyl (C=O) groups excluding carboxylic acids is 3. The standard InChI is InChI=1S/C20H21NO5S/c1-2-25-18(22)17(14-27-19(23)16-11-7-4-8-12-16)21-20(24)26-13-15-9-5-3-6-10-15/h3-12,17H,2,13-14H2,1H3,(H,21,24). The van der Waals surface area contributed by atoms with E-state index in [0.717, 1.165) is 17.3 Å². The van der Waals surface area contributed by atoms with Gasteiger partial charge in [0.25, 0.3) is 0 Å². The first kappa shape index (κ1) is 20.5. The molecular weight excluding hydrogens is 366 g/mol. The molecule has 0 saturated carbocycles. The molecular formula is C20H21NO5S. The molecule has 0 saturated heterocycles. The van der Waals surface area contributed by atoms with Gasteiger partial charge in [0.1, 0.15) is 12.6 Å². The Labute approximate surface area is 162 Å². The smallest absolute Gasteiger partial charge is 0.408 e. The van der Waals surface area contributed by atoms with Crippen LogP contribution in [0.4, 0.5) is 4.79 Å². The van der Waals surface area contributed by atoms with E-state index in [1.54, 1.807) is 31.2 Å². The van der Waals surface area contributed by atoms with E-state index in [2.05, 4.69) is 5.32 Å². The minimum atomic E-state index is -0.981. The Morgan fingerprint density at radius 1 is 0.963 bits per heavy atom. The molecule has 0 heterocycles. The van der Waals surface area contributed by atoms with Gasteiger partial charge < -0.3 is 14.8 Å². The SMILES string of the molecule is CCOC(=O)C(CSC(=O)c1ccccc1)NC(=O)OCc1ccccc1. The third-order valence-electron chi connectivity index (χ3n) is 3.47. The molecule has 0 radical (unpaired) electrons. The Morgan fingerprint density at radius 2 is 1.59 bits per heavy atom. The summed E-state index contributed by atoms with van der Waals surface area (Å²) in [7, 11) is 0. The van der Waals surface area contributed by atoms with Gasteiger partial charge >= 0.3 is 12.1 Å².